The van der Waals surface area contributed by atoms with Crippen molar-refractivity contribution in [3.8, 4) is 0 Å². The van der Waals surface area contributed by atoms with Crippen LogP contribution in [0.1, 0.15) is 39.3 Å². The molecule has 2 N–H and O–H groups in total. The smallest absolute Gasteiger partial charge is 0.0471 e. The van der Waals surface area contributed by atoms with Crippen LogP contribution in [0.4, 0.5) is 0 Å². The maximum atomic E-state index is 6.12. The molecule has 1 rings (SSSR count). The van der Waals surface area contributed by atoms with Gasteiger partial charge in [0.2, 0.25) is 0 Å². The first-order valence-electron chi connectivity index (χ1n) is 7.23. The predicted molar refractivity (Wildman–Crippen MR) is 89.5 cm³/mol. The fraction of sp³-hybridized carbons (Fsp3) is 0.625. The van der Waals surface area contributed by atoms with E-state index >= 15 is 0 Å². The predicted octanol–water partition coefficient (Wildman–Crippen LogP) is 4.61. The number of nitrogens with zero attached hydrogens (tertiary/aromatic N) is 1. The maximum Gasteiger partial charge on any atom is 0.0471 e. The van der Waals surface area contributed by atoms with E-state index in [9.17, 15) is 0 Å². The third-order valence-corrected chi connectivity index (χ3v) is 3.57. The molecule has 4 heteroatoms. The highest BCUT2D eigenvalue weighted by atomic mass is 35.5. The van der Waals surface area contributed by atoms with Gasteiger partial charge in [0.1, 0.15) is 0 Å². The van der Waals surface area contributed by atoms with Crippen LogP contribution in [0.2, 0.25) is 10.0 Å². The summed E-state index contributed by atoms with van der Waals surface area (Å²) in [6.45, 7) is 11.5. The highest BCUT2D eigenvalue weighted by Gasteiger charge is 2.21. The van der Waals surface area contributed by atoms with Gasteiger partial charge in [-0.25, -0.2) is 0 Å². The van der Waals surface area contributed by atoms with Gasteiger partial charge in [0.05, 0.1) is 0 Å². The highest BCUT2D eigenvalue weighted by Crippen LogP contribution is 2.27. The summed E-state index contributed by atoms with van der Waals surface area (Å²) in [6, 6.07) is 5.86. The first-order valence-corrected chi connectivity index (χ1v) is 7.99. The Bertz CT molecular complexity index is 389. The molecule has 0 saturated carbocycles. The van der Waals surface area contributed by atoms with E-state index in [0.29, 0.717) is 28.4 Å². The maximum absolute atomic E-state index is 6.12. The van der Waals surface area contributed by atoms with Gasteiger partial charge in [-0.15, -0.1) is 0 Å². The van der Waals surface area contributed by atoms with Crippen molar-refractivity contribution in [2.45, 2.75) is 33.7 Å². The second-order valence-corrected chi connectivity index (χ2v) is 7.07. The minimum atomic E-state index is 0.163. The van der Waals surface area contributed by atoms with Crippen LogP contribution in [-0.2, 0) is 0 Å². The summed E-state index contributed by atoms with van der Waals surface area (Å²) in [4.78, 5) is 2.44. The van der Waals surface area contributed by atoms with Crippen molar-refractivity contribution in [3.05, 3.63) is 33.8 Å². The van der Waals surface area contributed by atoms with Crippen molar-refractivity contribution in [3.63, 3.8) is 0 Å². The summed E-state index contributed by atoms with van der Waals surface area (Å²) in [5, 5.41) is 1.33. The van der Waals surface area contributed by atoms with Crippen molar-refractivity contribution in [1.82, 2.24) is 4.90 Å². The van der Waals surface area contributed by atoms with Gasteiger partial charge in [-0.3, -0.25) is 4.90 Å². The van der Waals surface area contributed by atoms with Gasteiger partial charge in [-0.2, -0.15) is 0 Å². The summed E-state index contributed by atoms with van der Waals surface area (Å²) in [5.41, 5.74) is 7.13. The van der Waals surface area contributed by atoms with E-state index < -0.39 is 0 Å². The molecule has 0 saturated heterocycles. The van der Waals surface area contributed by atoms with E-state index in [1.54, 1.807) is 6.07 Å². The Kier molecular flexibility index (Phi) is 7.32. The lowest BCUT2D eigenvalue weighted by atomic mass is 10.0. The second kappa shape index (κ2) is 8.23. The summed E-state index contributed by atoms with van der Waals surface area (Å²) < 4.78 is 0. The molecule has 0 bridgehead atoms. The monoisotopic (exact) mass is 316 g/mol. The Morgan fingerprint density at radius 1 is 0.950 bits per heavy atom. The molecule has 1 atom stereocenters. The molecule has 0 aliphatic rings. The molecule has 1 aromatic carbocycles. The fourth-order valence-electron chi connectivity index (χ4n) is 2.53. The fourth-order valence-corrected chi connectivity index (χ4v) is 3.07. The molecule has 0 fully saturated rings. The molecule has 1 unspecified atom stereocenters. The first-order chi connectivity index (χ1) is 9.33. The number of halogens is 2. The van der Waals surface area contributed by atoms with Gasteiger partial charge in [0.15, 0.2) is 0 Å². The van der Waals surface area contributed by atoms with E-state index in [-0.39, 0.29) is 6.04 Å². The van der Waals surface area contributed by atoms with Gasteiger partial charge in [-0.1, -0.05) is 50.9 Å². The van der Waals surface area contributed by atoms with Gasteiger partial charge < -0.3 is 5.73 Å². The summed E-state index contributed by atoms with van der Waals surface area (Å²) >= 11 is 12.2. The van der Waals surface area contributed by atoms with E-state index in [0.717, 1.165) is 18.7 Å². The van der Waals surface area contributed by atoms with Crippen molar-refractivity contribution in [2.75, 3.05) is 19.6 Å². The molecule has 2 nitrogen and oxygen atoms in total. The van der Waals surface area contributed by atoms with Crippen molar-refractivity contribution in [2.24, 2.45) is 17.6 Å². The number of benzene rings is 1. The summed E-state index contributed by atoms with van der Waals surface area (Å²) in [6.07, 6.45) is 0. The largest absolute Gasteiger partial charge is 0.329 e. The summed E-state index contributed by atoms with van der Waals surface area (Å²) in [7, 11) is 0. The Morgan fingerprint density at radius 3 is 1.75 bits per heavy atom. The van der Waals surface area contributed by atoms with Crippen LogP contribution in [0.5, 0.6) is 0 Å². The Hall–Kier alpha value is -0.280. The van der Waals surface area contributed by atoms with Crippen LogP contribution in [0, 0.1) is 11.8 Å². The molecule has 0 spiro atoms. The minimum Gasteiger partial charge on any atom is -0.329 e. The average molecular weight is 317 g/mol. The molecular formula is C16H26Cl2N2. The lowest BCUT2D eigenvalue weighted by Gasteiger charge is -2.34. The molecule has 0 aliphatic carbocycles. The van der Waals surface area contributed by atoms with Crippen LogP contribution in [0.3, 0.4) is 0 Å². The quantitative estimate of drug-likeness (QED) is 0.796. The Balaban J connectivity index is 3.04. The normalized spacial score (nSPS) is 13.5. The van der Waals surface area contributed by atoms with Gasteiger partial charge >= 0.3 is 0 Å². The van der Waals surface area contributed by atoms with Crippen molar-refractivity contribution >= 4 is 23.2 Å². The van der Waals surface area contributed by atoms with E-state index in [4.69, 9.17) is 28.9 Å². The number of nitrogens with two attached hydrogens (primary N) is 1. The zero-order valence-corrected chi connectivity index (χ0v) is 14.4. The minimum absolute atomic E-state index is 0.163. The lowest BCUT2D eigenvalue weighted by molar-refractivity contribution is 0.160. The summed E-state index contributed by atoms with van der Waals surface area (Å²) in [5.74, 6) is 1.19. The van der Waals surface area contributed by atoms with Crippen LogP contribution < -0.4 is 5.73 Å². The standard InChI is InChI=1S/C16H26Cl2N2/c1-11(2)9-20(10-12(3)4)16(8-19)13-5-14(17)7-15(18)6-13/h5-7,11-12,16H,8-10,19H2,1-4H3. The number of hydrogen-bond acceptors (Lipinski definition) is 2. The number of hydrogen-bond donors (Lipinski definition) is 1. The van der Waals surface area contributed by atoms with Gasteiger partial charge in [0, 0.05) is 35.7 Å². The SMILES string of the molecule is CC(C)CN(CC(C)C)C(CN)c1cc(Cl)cc(Cl)c1. The van der Waals surface area contributed by atoms with Gasteiger partial charge in [-0.05, 0) is 35.6 Å². The molecule has 20 heavy (non-hydrogen) atoms. The average Bonchev–Trinajstić information content (AvgIpc) is 2.26. The second-order valence-electron chi connectivity index (χ2n) is 6.20. The van der Waals surface area contributed by atoms with Crippen LogP contribution in [0.15, 0.2) is 18.2 Å². The molecule has 0 heterocycles. The molecule has 0 amide bonds. The van der Waals surface area contributed by atoms with Crippen LogP contribution in [-0.4, -0.2) is 24.5 Å². The van der Waals surface area contributed by atoms with E-state index in [2.05, 4.69) is 32.6 Å². The lowest BCUT2D eigenvalue weighted by Crippen LogP contribution is -2.38. The first kappa shape index (κ1) is 17.8. The Labute approximate surface area is 133 Å². The van der Waals surface area contributed by atoms with E-state index in [1.165, 1.54) is 0 Å². The molecule has 1 aromatic rings. The third kappa shape index (κ3) is 5.61. The highest BCUT2D eigenvalue weighted by molar-refractivity contribution is 6.34. The molecule has 114 valence electrons. The Morgan fingerprint density at radius 2 is 1.40 bits per heavy atom. The van der Waals surface area contributed by atoms with Crippen molar-refractivity contribution in [1.29, 1.82) is 0 Å². The molecule has 0 aromatic heterocycles. The molecule has 0 aliphatic heterocycles. The third-order valence-electron chi connectivity index (χ3n) is 3.13. The molecule has 0 radical (unpaired) electrons. The topological polar surface area (TPSA) is 29.3 Å². The zero-order valence-electron chi connectivity index (χ0n) is 12.9. The zero-order chi connectivity index (χ0) is 15.3. The molecular weight excluding hydrogens is 291 g/mol. The number of rotatable bonds is 7. The van der Waals surface area contributed by atoms with E-state index in [1.807, 2.05) is 12.1 Å². The van der Waals surface area contributed by atoms with Crippen LogP contribution >= 0.6 is 23.2 Å². The van der Waals surface area contributed by atoms with Crippen LogP contribution in [0.25, 0.3) is 0 Å². The van der Waals surface area contributed by atoms with Gasteiger partial charge in [0.25, 0.3) is 0 Å². The van der Waals surface area contributed by atoms with Crippen molar-refractivity contribution < 1.29 is 0 Å².